The average molecular weight is 323 g/mol. The summed E-state index contributed by atoms with van der Waals surface area (Å²) in [6.45, 7) is 5.16. The van der Waals surface area contributed by atoms with Crippen LogP contribution in [-0.2, 0) is 0 Å². The highest BCUT2D eigenvalue weighted by atomic mass is 35.5. The lowest BCUT2D eigenvalue weighted by Gasteiger charge is -2.23. The number of benzene rings is 1. The molecule has 0 aromatic heterocycles. The van der Waals surface area contributed by atoms with E-state index in [4.69, 9.17) is 16.6 Å². The van der Waals surface area contributed by atoms with Crippen LogP contribution in [0.25, 0.3) is 0 Å². The van der Waals surface area contributed by atoms with Crippen molar-refractivity contribution in [3.05, 3.63) is 28.8 Å². The highest BCUT2D eigenvalue weighted by Crippen LogP contribution is 2.29. The topological polar surface area (TPSA) is 22.1 Å². The minimum Gasteiger partial charge on any atom is -0.371 e. The van der Waals surface area contributed by atoms with E-state index >= 15 is 0 Å². The summed E-state index contributed by atoms with van der Waals surface area (Å²) < 4.78 is 0. The maximum Gasteiger partial charge on any atom is 0.195 e. The van der Waals surface area contributed by atoms with Crippen molar-refractivity contribution < 1.29 is 0 Å². The third-order valence-electron chi connectivity index (χ3n) is 4.09. The van der Waals surface area contributed by atoms with Gasteiger partial charge in [0.05, 0.1) is 0 Å². The Kier molecular flexibility index (Phi) is 5.57. The molecule has 0 radical (unpaired) electrons. The molecular weight excluding hydrogens is 296 g/mol. The summed E-state index contributed by atoms with van der Waals surface area (Å²) in [6, 6.07) is 6.13. The molecule has 4 nitrogen and oxygen atoms in total. The van der Waals surface area contributed by atoms with E-state index in [9.17, 15) is 0 Å². The summed E-state index contributed by atoms with van der Waals surface area (Å²) in [5.41, 5.74) is 2.55. The lowest BCUT2D eigenvalue weighted by atomic mass is 10.1. The molecule has 1 atom stereocenters. The van der Waals surface area contributed by atoms with Gasteiger partial charge >= 0.3 is 0 Å². The number of aryl methyl sites for hydroxylation is 1. The Hall–Kier alpha value is -1.42. The smallest absolute Gasteiger partial charge is 0.195 e. The first-order valence-electron chi connectivity index (χ1n) is 7.78. The van der Waals surface area contributed by atoms with Crippen molar-refractivity contribution in [2.75, 3.05) is 52.7 Å². The summed E-state index contributed by atoms with van der Waals surface area (Å²) in [7, 11) is 8.15. The van der Waals surface area contributed by atoms with Crippen molar-refractivity contribution in [2.45, 2.75) is 13.3 Å². The monoisotopic (exact) mass is 322 g/mol. The van der Waals surface area contributed by atoms with Crippen LogP contribution in [0.3, 0.4) is 0 Å². The maximum absolute atomic E-state index is 6.14. The molecule has 0 saturated carbocycles. The van der Waals surface area contributed by atoms with Gasteiger partial charge < -0.3 is 14.7 Å². The van der Waals surface area contributed by atoms with Gasteiger partial charge in [-0.25, -0.2) is 0 Å². The number of guanidine groups is 1. The van der Waals surface area contributed by atoms with Crippen LogP contribution in [0.4, 0.5) is 5.69 Å². The van der Waals surface area contributed by atoms with Gasteiger partial charge in [-0.1, -0.05) is 17.7 Å². The fourth-order valence-corrected chi connectivity index (χ4v) is 3.18. The first-order valence-corrected chi connectivity index (χ1v) is 8.16. The zero-order valence-corrected chi connectivity index (χ0v) is 15.1. The van der Waals surface area contributed by atoms with Crippen LogP contribution >= 0.6 is 11.6 Å². The molecule has 2 rings (SSSR count). The molecule has 5 heteroatoms. The number of hydrogen-bond donors (Lipinski definition) is 0. The van der Waals surface area contributed by atoms with E-state index in [0.717, 1.165) is 30.6 Å². The van der Waals surface area contributed by atoms with E-state index in [1.165, 1.54) is 17.7 Å². The van der Waals surface area contributed by atoms with Gasteiger partial charge in [-0.15, -0.1) is 0 Å². The number of aliphatic imine (C=N–C) groups is 1. The Balaban J connectivity index is 2.01. The second-order valence-electron chi connectivity index (χ2n) is 6.46. The van der Waals surface area contributed by atoms with Crippen LogP contribution < -0.4 is 4.90 Å². The highest BCUT2D eigenvalue weighted by molar-refractivity contribution is 6.30. The second kappa shape index (κ2) is 7.23. The maximum atomic E-state index is 6.14. The Bertz CT molecular complexity index is 529. The van der Waals surface area contributed by atoms with Gasteiger partial charge in [-0.05, 0) is 37.0 Å². The van der Waals surface area contributed by atoms with Crippen molar-refractivity contribution in [3.8, 4) is 0 Å². The molecule has 1 saturated heterocycles. The second-order valence-corrected chi connectivity index (χ2v) is 6.90. The van der Waals surface area contributed by atoms with Gasteiger partial charge in [-0.3, -0.25) is 4.99 Å². The number of nitrogens with zero attached hydrogens (tertiary/aromatic N) is 4. The molecule has 1 unspecified atom stereocenters. The molecule has 1 fully saturated rings. The number of halogens is 1. The molecule has 0 bridgehead atoms. The molecule has 22 heavy (non-hydrogen) atoms. The summed E-state index contributed by atoms with van der Waals surface area (Å²) >= 11 is 6.14. The number of hydrogen-bond acceptors (Lipinski definition) is 2. The fraction of sp³-hybridized carbons (Fsp3) is 0.588. The molecule has 1 aliphatic heterocycles. The molecule has 1 heterocycles. The summed E-state index contributed by atoms with van der Waals surface area (Å²) in [5, 5.41) is 0.810. The van der Waals surface area contributed by atoms with E-state index in [2.05, 4.69) is 33.8 Å². The number of rotatable bonds is 3. The first-order chi connectivity index (χ1) is 10.4. The predicted octanol–water partition coefficient (Wildman–Crippen LogP) is 2.95. The van der Waals surface area contributed by atoms with E-state index < -0.39 is 0 Å². The third kappa shape index (κ3) is 4.07. The van der Waals surface area contributed by atoms with Crippen LogP contribution in [0, 0.1) is 12.8 Å². The Morgan fingerprint density at radius 3 is 2.59 bits per heavy atom. The van der Waals surface area contributed by atoms with Crippen LogP contribution in [0.1, 0.15) is 12.0 Å². The minimum atomic E-state index is 0.605. The largest absolute Gasteiger partial charge is 0.371 e. The minimum absolute atomic E-state index is 0.605. The predicted molar refractivity (Wildman–Crippen MR) is 96.2 cm³/mol. The molecule has 122 valence electrons. The molecule has 0 amide bonds. The summed E-state index contributed by atoms with van der Waals surface area (Å²) in [5.74, 6) is 1.63. The SMILES string of the molecule is Cc1ccc(Cl)cc1N1CCC(CN=C(N(C)C)N(C)C)C1. The Morgan fingerprint density at radius 1 is 1.27 bits per heavy atom. The Labute approximate surface area is 139 Å². The van der Waals surface area contributed by atoms with E-state index in [0.29, 0.717) is 5.92 Å². The number of anilines is 1. The van der Waals surface area contributed by atoms with Crippen molar-refractivity contribution in [1.82, 2.24) is 9.80 Å². The van der Waals surface area contributed by atoms with Crippen LogP contribution in [0.2, 0.25) is 5.02 Å². The van der Waals surface area contributed by atoms with Crippen LogP contribution in [0.15, 0.2) is 23.2 Å². The van der Waals surface area contributed by atoms with E-state index in [1.54, 1.807) is 0 Å². The van der Waals surface area contributed by atoms with Gasteiger partial charge in [0.2, 0.25) is 0 Å². The molecular formula is C17H27ClN4. The van der Waals surface area contributed by atoms with Crippen molar-refractivity contribution in [1.29, 1.82) is 0 Å². The zero-order valence-electron chi connectivity index (χ0n) is 14.3. The van der Waals surface area contributed by atoms with Crippen molar-refractivity contribution in [3.63, 3.8) is 0 Å². The Morgan fingerprint density at radius 2 is 1.95 bits per heavy atom. The van der Waals surface area contributed by atoms with Crippen molar-refractivity contribution in [2.24, 2.45) is 10.9 Å². The molecule has 0 aliphatic carbocycles. The standard InChI is InChI=1S/C17H27ClN4/c1-13-6-7-15(18)10-16(13)22-9-8-14(12-22)11-19-17(20(2)3)21(4)5/h6-7,10,14H,8-9,11-12H2,1-5H3. The summed E-state index contributed by atoms with van der Waals surface area (Å²) in [4.78, 5) is 11.4. The average Bonchev–Trinajstić information content (AvgIpc) is 2.89. The van der Waals surface area contributed by atoms with Gasteiger partial charge in [-0.2, -0.15) is 0 Å². The first kappa shape index (κ1) is 16.9. The fourth-order valence-electron chi connectivity index (χ4n) is 3.02. The molecule has 1 aliphatic rings. The third-order valence-corrected chi connectivity index (χ3v) is 4.32. The van der Waals surface area contributed by atoms with E-state index in [-0.39, 0.29) is 0 Å². The lowest BCUT2D eigenvalue weighted by Crippen LogP contribution is -2.36. The normalized spacial score (nSPS) is 17.5. The molecule has 0 spiro atoms. The van der Waals surface area contributed by atoms with E-state index in [1.807, 2.05) is 34.3 Å². The zero-order chi connectivity index (χ0) is 16.3. The molecule has 0 N–H and O–H groups in total. The van der Waals surface area contributed by atoms with Crippen molar-refractivity contribution >= 4 is 23.2 Å². The quantitative estimate of drug-likeness (QED) is 0.631. The van der Waals surface area contributed by atoms with Gasteiger partial charge in [0, 0.05) is 58.5 Å². The van der Waals surface area contributed by atoms with Crippen LogP contribution in [0.5, 0.6) is 0 Å². The summed E-state index contributed by atoms with van der Waals surface area (Å²) in [6.07, 6.45) is 1.18. The van der Waals surface area contributed by atoms with Crippen LogP contribution in [-0.4, -0.2) is 63.6 Å². The highest BCUT2D eigenvalue weighted by Gasteiger charge is 2.24. The van der Waals surface area contributed by atoms with Gasteiger partial charge in [0.15, 0.2) is 5.96 Å². The van der Waals surface area contributed by atoms with Gasteiger partial charge in [0.25, 0.3) is 0 Å². The molecule has 1 aromatic rings. The molecule has 1 aromatic carbocycles. The van der Waals surface area contributed by atoms with Gasteiger partial charge in [0.1, 0.15) is 0 Å². The lowest BCUT2D eigenvalue weighted by molar-refractivity contribution is 0.472.